The highest BCUT2D eigenvalue weighted by Crippen LogP contribution is 2.22. The molecule has 3 N–H and O–H groups in total. The maximum absolute atomic E-state index is 12.4. The number of nitrogens with zero attached hydrogens (tertiary/aromatic N) is 1. The van der Waals surface area contributed by atoms with Gasteiger partial charge in [0.15, 0.2) is 0 Å². The first-order chi connectivity index (χ1) is 11.1. The zero-order valence-corrected chi connectivity index (χ0v) is 14.0. The number of nitrogens with two attached hydrogens (primary N) is 1. The van der Waals surface area contributed by atoms with Gasteiger partial charge in [0.1, 0.15) is 10.7 Å². The first kappa shape index (κ1) is 15.6. The molecule has 0 saturated carbocycles. The zero-order valence-electron chi connectivity index (χ0n) is 13.2. The molecule has 0 radical (unpaired) electrons. The molecule has 1 atom stereocenters. The van der Waals surface area contributed by atoms with Gasteiger partial charge in [-0.15, -0.1) is 11.3 Å². The molecule has 0 aliphatic heterocycles. The number of rotatable bonds is 4. The Morgan fingerprint density at radius 1 is 1.26 bits per heavy atom. The second-order valence-electron chi connectivity index (χ2n) is 5.57. The van der Waals surface area contributed by atoms with Crippen LogP contribution in [-0.4, -0.2) is 10.9 Å². The van der Waals surface area contributed by atoms with E-state index in [1.54, 1.807) is 0 Å². The van der Waals surface area contributed by atoms with E-state index in [0.29, 0.717) is 12.2 Å². The Morgan fingerprint density at radius 2 is 2.00 bits per heavy atom. The number of carbonyl (C=O) groups excluding carboxylic acids is 1. The van der Waals surface area contributed by atoms with Gasteiger partial charge in [0.2, 0.25) is 0 Å². The smallest absolute Gasteiger partial charge is 0.271 e. The van der Waals surface area contributed by atoms with Crippen LogP contribution in [0.25, 0.3) is 10.8 Å². The molecule has 0 aliphatic carbocycles. The number of carbonyl (C=O) groups is 1. The average Bonchev–Trinajstić information content (AvgIpc) is 2.95. The minimum atomic E-state index is -0.154. The van der Waals surface area contributed by atoms with Crippen LogP contribution in [0.1, 0.15) is 38.9 Å². The number of benzene rings is 2. The number of thiazole rings is 1. The van der Waals surface area contributed by atoms with E-state index in [2.05, 4.69) is 28.5 Å². The van der Waals surface area contributed by atoms with E-state index in [1.807, 2.05) is 38.1 Å². The molecule has 0 bridgehead atoms. The predicted octanol–water partition coefficient (Wildman–Crippen LogP) is 3.55. The summed E-state index contributed by atoms with van der Waals surface area (Å²) in [6.07, 6.45) is 0. The largest absolute Gasteiger partial charge is 0.347 e. The van der Waals surface area contributed by atoms with Crippen molar-refractivity contribution in [3.63, 3.8) is 0 Å². The first-order valence-corrected chi connectivity index (χ1v) is 8.35. The van der Waals surface area contributed by atoms with Crippen LogP contribution >= 0.6 is 11.3 Å². The Labute approximate surface area is 139 Å². The third-order valence-electron chi connectivity index (χ3n) is 3.74. The Hall–Kier alpha value is -2.24. The molecule has 0 saturated heterocycles. The number of aryl methyl sites for hydroxylation is 1. The number of amides is 1. The zero-order chi connectivity index (χ0) is 16.4. The van der Waals surface area contributed by atoms with Crippen LogP contribution in [0.15, 0.2) is 42.5 Å². The summed E-state index contributed by atoms with van der Waals surface area (Å²) in [5.74, 6) is -0.154. The molecule has 0 aliphatic rings. The molecule has 2 aromatic carbocycles. The summed E-state index contributed by atoms with van der Waals surface area (Å²) in [7, 11) is 0. The van der Waals surface area contributed by atoms with Crippen molar-refractivity contribution in [2.45, 2.75) is 26.4 Å². The fourth-order valence-electron chi connectivity index (χ4n) is 2.53. The lowest BCUT2D eigenvalue weighted by Gasteiger charge is -2.08. The van der Waals surface area contributed by atoms with Gasteiger partial charge in [-0.3, -0.25) is 4.79 Å². The van der Waals surface area contributed by atoms with Crippen molar-refractivity contribution in [3.05, 3.63) is 63.6 Å². The van der Waals surface area contributed by atoms with Gasteiger partial charge in [-0.2, -0.15) is 0 Å². The fourth-order valence-corrected chi connectivity index (χ4v) is 3.40. The standard InChI is InChI=1S/C18H19N3OS/c1-11(19)18-21-16(12(2)23-18)17(22)20-10-14-8-5-7-13-6-3-4-9-15(13)14/h3-9,11H,10,19H2,1-2H3,(H,20,22). The van der Waals surface area contributed by atoms with Gasteiger partial charge in [0, 0.05) is 11.4 Å². The van der Waals surface area contributed by atoms with E-state index in [9.17, 15) is 4.79 Å². The summed E-state index contributed by atoms with van der Waals surface area (Å²) in [5, 5.41) is 6.08. The lowest BCUT2D eigenvalue weighted by Crippen LogP contribution is -2.24. The minimum Gasteiger partial charge on any atom is -0.347 e. The molecule has 3 aromatic rings. The second kappa shape index (κ2) is 6.48. The van der Waals surface area contributed by atoms with Crippen LogP contribution in [0.3, 0.4) is 0 Å². The summed E-state index contributed by atoms with van der Waals surface area (Å²) in [5.41, 5.74) is 7.41. The van der Waals surface area contributed by atoms with Gasteiger partial charge in [-0.1, -0.05) is 42.5 Å². The highest BCUT2D eigenvalue weighted by molar-refractivity contribution is 7.11. The van der Waals surface area contributed by atoms with Crippen LogP contribution in [0.4, 0.5) is 0 Å². The minimum absolute atomic E-state index is 0.154. The topological polar surface area (TPSA) is 68.0 Å². The van der Waals surface area contributed by atoms with Gasteiger partial charge in [0.25, 0.3) is 5.91 Å². The molecule has 1 amide bonds. The van der Waals surface area contributed by atoms with Gasteiger partial charge >= 0.3 is 0 Å². The molecule has 23 heavy (non-hydrogen) atoms. The summed E-state index contributed by atoms with van der Waals surface area (Å²) >= 11 is 1.48. The maximum atomic E-state index is 12.4. The normalized spacial score (nSPS) is 12.3. The number of aromatic nitrogens is 1. The van der Waals surface area contributed by atoms with Gasteiger partial charge in [-0.25, -0.2) is 4.98 Å². The molecule has 4 nitrogen and oxygen atoms in total. The average molecular weight is 325 g/mol. The number of hydrogen-bond acceptors (Lipinski definition) is 4. The fraction of sp³-hybridized carbons (Fsp3) is 0.222. The summed E-state index contributed by atoms with van der Waals surface area (Å²) < 4.78 is 0. The monoisotopic (exact) mass is 325 g/mol. The van der Waals surface area contributed by atoms with Crippen LogP contribution in [0.2, 0.25) is 0 Å². The van der Waals surface area contributed by atoms with Crippen molar-refractivity contribution in [3.8, 4) is 0 Å². The Bertz CT molecular complexity index is 849. The molecule has 3 rings (SSSR count). The van der Waals surface area contributed by atoms with E-state index in [4.69, 9.17) is 5.73 Å². The molecule has 0 spiro atoms. The van der Waals surface area contributed by atoms with Gasteiger partial charge in [-0.05, 0) is 30.2 Å². The summed E-state index contributed by atoms with van der Waals surface area (Å²) in [4.78, 5) is 17.7. The van der Waals surface area contributed by atoms with Crippen molar-refractivity contribution in [2.75, 3.05) is 0 Å². The third-order valence-corrected chi connectivity index (χ3v) is 4.91. The van der Waals surface area contributed by atoms with Crippen molar-refractivity contribution in [2.24, 2.45) is 5.73 Å². The van der Waals surface area contributed by atoms with E-state index in [-0.39, 0.29) is 11.9 Å². The number of fused-ring (bicyclic) bond motifs is 1. The van der Waals surface area contributed by atoms with E-state index in [1.165, 1.54) is 16.7 Å². The summed E-state index contributed by atoms with van der Waals surface area (Å²) in [6, 6.07) is 14.1. The first-order valence-electron chi connectivity index (χ1n) is 7.54. The van der Waals surface area contributed by atoms with Crippen molar-refractivity contribution < 1.29 is 4.79 Å². The molecule has 0 fully saturated rings. The molecule has 118 valence electrons. The molecule has 1 unspecified atom stereocenters. The molecule has 1 aromatic heterocycles. The van der Waals surface area contributed by atoms with Crippen LogP contribution in [0.5, 0.6) is 0 Å². The van der Waals surface area contributed by atoms with E-state index >= 15 is 0 Å². The van der Waals surface area contributed by atoms with Crippen molar-refractivity contribution in [1.82, 2.24) is 10.3 Å². The Balaban J connectivity index is 1.78. The SMILES string of the molecule is Cc1sc(C(C)N)nc1C(=O)NCc1cccc2ccccc12. The second-order valence-corrected chi connectivity index (χ2v) is 6.80. The quantitative estimate of drug-likeness (QED) is 0.771. The maximum Gasteiger partial charge on any atom is 0.271 e. The van der Waals surface area contributed by atoms with Gasteiger partial charge < -0.3 is 11.1 Å². The number of hydrogen-bond donors (Lipinski definition) is 2. The predicted molar refractivity (Wildman–Crippen MR) is 94.6 cm³/mol. The molecular weight excluding hydrogens is 306 g/mol. The van der Waals surface area contributed by atoms with Gasteiger partial charge in [0.05, 0.1) is 6.04 Å². The molecule has 1 heterocycles. The lowest BCUT2D eigenvalue weighted by molar-refractivity contribution is 0.0946. The van der Waals surface area contributed by atoms with Crippen molar-refractivity contribution in [1.29, 1.82) is 0 Å². The summed E-state index contributed by atoms with van der Waals surface area (Å²) in [6.45, 7) is 4.25. The van der Waals surface area contributed by atoms with Crippen LogP contribution in [-0.2, 0) is 6.54 Å². The van der Waals surface area contributed by atoms with Crippen LogP contribution in [0, 0.1) is 6.92 Å². The van der Waals surface area contributed by atoms with Crippen LogP contribution < -0.4 is 11.1 Å². The van der Waals surface area contributed by atoms with E-state index < -0.39 is 0 Å². The third kappa shape index (κ3) is 3.25. The van der Waals surface area contributed by atoms with Crippen molar-refractivity contribution >= 4 is 28.0 Å². The Morgan fingerprint density at radius 3 is 2.74 bits per heavy atom. The number of nitrogens with one attached hydrogen (secondary N) is 1. The highest BCUT2D eigenvalue weighted by atomic mass is 32.1. The highest BCUT2D eigenvalue weighted by Gasteiger charge is 2.17. The molecule has 5 heteroatoms. The Kier molecular flexibility index (Phi) is 4.41. The van der Waals surface area contributed by atoms with E-state index in [0.717, 1.165) is 20.8 Å². The molecular formula is C18H19N3OS. The lowest BCUT2D eigenvalue weighted by atomic mass is 10.0.